The van der Waals surface area contributed by atoms with Crippen molar-refractivity contribution >= 4 is 22.7 Å². The first-order valence-electron chi connectivity index (χ1n) is 9.54. The first kappa shape index (κ1) is 16.8. The van der Waals surface area contributed by atoms with Crippen LogP contribution in [0.5, 0.6) is 0 Å². The molecule has 0 atom stereocenters. The van der Waals surface area contributed by atoms with Gasteiger partial charge in [-0.25, -0.2) is 9.97 Å². The Hall–Kier alpha value is -3.40. The van der Waals surface area contributed by atoms with Crippen molar-refractivity contribution in [2.24, 2.45) is 0 Å². The van der Waals surface area contributed by atoms with Gasteiger partial charge in [0.2, 0.25) is 17.5 Å². The van der Waals surface area contributed by atoms with E-state index in [-0.39, 0.29) is 5.91 Å². The van der Waals surface area contributed by atoms with E-state index in [0.717, 1.165) is 23.7 Å². The van der Waals surface area contributed by atoms with Crippen LogP contribution in [-0.4, -0.2) is 47.0 Å². The summed E-state index contributed by atoms with van der Waals surface area (Å²) in [6.45, 7) is 2.32. The van der Waals surface area contributed by atoms with Gasteiger partial charge >= 0.3 is 0 Å². The number of fused-ring (bicyclic) bond motifs is 1. The lowest BCUT2D eigenvalue weighted by Crippen LogP contribution is -2.49. The van der Waals surface area contributed by atoms with Crippen LogP contribution in [0.15, 0.2) is 40.8 Å². The van der Waals surface area contributed by atoms with Crippen LogP contribution in [0.25, 0.3) is 10.9 Å². The molecule has 7 nitrogen and oxygen atoms in total. The van der Waals surface area contributed by atoms with Crippen LogP contribution in [0.1, 0.15) is 40.8 Å². The molecule has 0 N–H and O–H groups in total. The number of carbonyl (C=O) groups excluding carboxylic acids is 1. The molecule has 5 rings (SSSR count). The summed E-state index contributed by atoms with van der Waals surface area (Å²) in [7, 11) is 0. The SMILES string of the molecule is N#Cc1nc(C2CC2)oc1N1CCN(C(=O)c2ccc3ccccc3n2)CC1. The van der Waals surface area contributed by atoms with Gasteiger partial charge < -0.3 is 14.2 Å². The Morgan fingerprint density at radius 1 is 1.07 bits per heavy atom. The molecule has 1 aromatic carbocycles. The van der Waals surface area contributed by atoms with Crippen LogP contribution in [0.4, 0.5) is 5.88 Å². The molecule has 0 bridgehead atoms. The highest BCUT2D eigenvalue weighted by Crippen LogP contribution is 2.41. The van der Waals surface area contributed by atoms with Gasteiger partial charge in [0.1, 0.15) is 11.8 Å². The Labute approximate surface area is 162 Å². The zero-order valence-corrected chi connectivity index (χ0v) is 15.3. The van der Waals surface area contributed by atoms with Gasteiger partial charge in [0.05, 0.1) is 5.52 Å². The van der Waals surface area contributed by atoms with Crippen molar-refractivity contribution in [3.8, 4) is 6.07 Å². The van der Waals surface area contributed by atoms with E-state index in [4.69, 9.17) is 4.42 Å². The van der Waals surface area contributed by atoms with Gasteiger partial charge in [-0.2, -0.15) is 5.26 Å². The summed E-state index contributed by atoms with van der Waals surface area (Å²) in [6.07, 6.45) is 2.15. The molecule has 0 spiro atoms. The minimum absolute atomic E-state index is 0.0675. The molecular weight excluding hydrogens is 354 g/mol. The third-order valence-corrected chi connectivity index (χ3v) is 5.33. The molecule has 140 valence electrons. The van der Waals surface area contributed by atoms with E-state index < -0.39 is 0 Å². The van der Waals surface area contributed by atoms with Crippen molar-refractivity contribution in [1.82, 2.24) is 14.9 Å². The van der Waals surface area contributed by atoms with Crippen molar-refractivity contribution in [3.05, 3.63) is 53.7 Å². The molecule has 2 aliphatic rings. The summed E-state index contributed by atoms with van der Waals surface area (Å²) in [5.41, 5.74) is 1.62. The lowest BCUT2D eigenvalue weighted by Gasteiger charge is -2.34. The highest BCUT2D eigenvalue weighted by Gasteiger charge is 2.33. The van der Waals surface area contributed by atoms with E-state index in [9.17, 15) is 10.1 Å². The summed E-state index contributed by atoms with van der Waals surface area (Å²) < 4.78 is 5.87. The van der Waals surface area contributed by atoms with Gasteiger partial charge in [0.25, 0.3) is 5.91 Å². The molecule has 3 aromatic rings. The number of piperazine rings is 1. The van der Waals surface area contributed by atoms with Crippen LogP contribution >= 0.6 is 0 Å². The number of aromatic nitrogens is 2. The van der Waals surface area contributed by atoms with Crippen LogP contribution < -0.4 is 4.90 Å². The number of nitrogens with zero attached hydrogens (tertiary/aromatic N) is 5. The van der Waals surface area contributed by atoms with E-state index in [1.54, 1.807) is 11.0 Å². The van der Waals surface area contributed by atoms with Crippen molar-refractivity contribution < 1.29 is 9.21 Å². The fourth-order valence-corrected chi connectivity index (χ4v) is 3.58. The minimum atomic E-state index is -0.0675. The van der Waals surface area contributed by atoms with Crippen molar-refractivity contribution in [1.29, 1.82) is 5.26 Å². The molecule has 7 heteroatoms. The third-order valence-electron chi connectivity index (χ3n) is 5.33. The van der Waals surface area contributed by atoms with Crippen LogP contribution in [-0.2, 0) is 0 Å². The average Bonchev–Trinajstić information content (AvgIpc) is 3.52. The first-order chi connectivity index (χ1) is 13.7. The number of amides is 1. The number of nitriles is 1. The maximum Gasteiger partial charge on any atom is 0.272 e. The smallest absolute Gasteiger partial charge is 0.272 e. The molecule has 0 radical (unpaired) electrons. The van der Waals surface area contributed by atoms with E-state index in [2.05, 4.69) is 16.0 Å². The Balaban J connectivity index is 1.30. The molecule has 0 unspecified atom stereocenters. The zero-order valence-electron chi connectivity index (χ0n) is 15.3. The molecule has 2 fully saturated rings. The van der Waals surface area contributed by atoms with Gasteiger partial charge in [-0.3, -0.25) is 4.79 Å². The number of carbonyl (C=O) groups is 1. The monoisotopic (exact) mass is 373 g/mol. The van der Waals surface area contributed by atoms with Gasteiger partial charge in [0.15, 0.2) is 0 Å². The molecular formula is C21H19N5O2. The molecule has 1 saturated carbocycles. The average molecular weight is 373 g/mol. The molecule has 3 heterocycles. The molecule has 2 aromatic heterocycles. The van der Waals surface area contributed by atoms with E-state index in [0.29, 0.717) is 55.3 Å². The summed E-state index contributed by atoms with van der Waals surface area (Å²) in [6, 6.07) is 13.6. The van der Waals surface area contributed by atoms with Crippen LogP contribution in [0, 0.1) is 11.3 Å². The highest BCUT2D eigenvalue weighted by atomic mass is 16.4. The second-order valence-corrected chi connectivity index (χ2v) is 7.26. The largest absolute Gasteiger partial charge is 0.423 e. The Kier molecular flexibility index (Phi) is 3.97. The quantitative estimate of drug-likeness (QED) is 0.702. The Bertz CT molecular complexity index is 1090. The van der Waals surface area contributed by atoms with E-state index in [1.807, 2.05) is 35.2 Å². The number of benzene rings is 1. The minimum Gasteiger partial charge on any atom is -0.423 e. The molecule has 1 saturated heterocycles. The summed E-state index contributed by atoms with van der Waals surface area (Å²) in [5.74, 6) is 1.51. The Morgan fingerprint density at radius 2 is 1.86 bits per heavy atom. The summed E-state index contributed by atoms with van der Waals surface area (Å²) in [4.78, 5) is 25.5. The number of pyridine rings is 1. The lowest BCUT2D eigenvalue weighted by molar-refractivity contribution is 0.0739. The Morgan fingerprint density at radius 3 is 2.61 bits per heavy atom. The molecule has 1 aliphatic carbocycles. The van der Waals surface area contributed by atoms with Gasteiger partial charge in [-0.15, -0.1) is 0 Å². The zero-order chi connectivity index (χ0) is 19.1. The topological polar surface area (TPSA) is 86.3 Å². The predicted octanol–water partition coefficient (Wildman–Crippen LogP) is 2.93. The van der Waals surface area contributed by atoms with E-state index in [1.165, 1.54) is 0 Å². The second kappa shape index (κ2) is 6.64. The molecule has 1 amide bonds. The highest BCUT2D eigenvalue weighted by molar-refractivity contribution is 5.95. The van der Waals surface area contributed by atoms with Gasteiger partial charge in [-0.05, 0) is 25.0 Å². The predicted molar refractivity (Wildman–Crippen MR) is 103 cm³/mol. The number of anilines is 1. The van der Waals surface area contributed by atoms with Gasteiger partial charge in [0, 0.05) is 37.5 Å². The fourth-order valence-electron chi connectivity index (χ4n) is 3.58. The van der Waals surface area contributed by atoms with Crippen LogP contribution in [0.2, 0.25) is 0 Å². The van der Waals surface area contributed by atoms with Crippen molar-refractivity contribution in [2.75, 3.05) is 31.1 Å². The number of hydrogen-bond donors (Lipinski definition) is 0. The van der Waals surface area contributed by atoms with Crippen molar-refractivity contribution in [2.45, 2.75) is 18.8 Å². The van der Waals surface area contributed by atoms with Crippen molar-refractivity contribution in [3.63, 3.8) is 0 Å². The maximum absolute atomic E-state index is 12.9. The molecule has 1 aliphatic heterocycles. The number of oxazole rings is 1. The third kappa shape index (κ3) is 2.97. The molecule has 28 heavy (non-hydrogen) atoms. The maximum atomic E-state index is 12.9. The number of hydrogen-bond acceptors (Lipinski definition) is 6. The summed E-state index contributed by atoms with van der Waals surface area (Å²) >= 11 is 0. The summed E-state index contributed by atoms with van der Waals surface area (Å²) in [5, 5.41) is 10.4. The van der Waals surface area contributed by atoms with Gasteiger partial charge in [-0.1, -0.05) is 24.3 Å². The standard InChI is InChI=1S/C21H19N5O2/c22-13-18-21(28-19(24-18)15-5-6-15)26-11-9-25(10-12-26)20(27)17-8-7-14-3-1-2-4-16(14)23-17/h1-4,7-8,15H,5-6,9-12H2. The normalized spacial score (nSPS) is 17.0. The number of rotatable bonds is 3. The van der Waals surface area contributed by atoms with E-state index >= 15 is 0 Å². The lowest BCUT2D eigenvalue weighted by atomic mass is 10.2. The second-order valence-electron chi connectivity index (χ2n) is 7.26. The van der Waals surface area contributed by atoms with Crippen LogP contribution in [0.3, 0.4) is 0 Å². The fraction of sp³-hybridized carbons (Fsp3) is 0.333. The number of para-hydroxylation sites is 1. The first-order valence-corrected chi connectivity index (χ1v) is 9.54.